The minimum absolute atomic E-state index is 0.0745. The number of carbonyl (C=O) groups excluding carboxylic acids is 3. The van der Waals surface area contributed by atoms with E-state index in [1.165, 1.54) is 218 Å². The molecule has 428 valence electrons. The van der Waals surface area contributed by atoms with Crippen LogP contribution in [-0.4, -0.2) is 37.2 Å². The molecule has 0 bridgehead atoms. The Morgan fingerprint density at radius 2 is 0.534 bits per heavy atom. The molecule has 6 heteroatoms. The predicted molar refractivity (Wildman–Crippen MR) is 316 cm³/mol. The van der Waals surface area contributed by atoms with Gasteiger partial charge in [-0.3, -0.25) is 14.4 Å². The van der Waals surface area contributed by atoms with Crippen molar-refractivity contribution in [3.63, 3.8) is 0 Å². The molecule has 0 aromatic rings. The van der Waals surface area contributed by atoms with Gasteiger partial charge in [-0.15, -0.1) is 0 Å². The highest BCUT2D eigenvalue weighted by Crippen LogP contribution is 2.18. The fourth-order valence-electron chi connectivity index (χ4n) is 9.81. The molecule has 0 aliphatic carbocycles. The van der Waals surface area contributed by atoms with E-state index in [4.69, 9.17) is 14.2 Å². The predicted octanol–water partition coefficient (Wildman–Crippen LogP) is 22.0. The molecule has 1 atom stereocenters. The highest BCUT2D eigenvalue weighted by Gasteiger charge is 2.19. The quantitative estimate of drug-likeness (QED) is 0.0261. The summed E-state index contributed by atoms with van der Waals surface area (Å²) in [4.78, 5) is 38.1. The van der Waals surface area contributed by atoms with E-state index in [9.17, 15) is 14.4 Å². The van der Waals surface area contributed by atoms with E-state index in [1.54, 1.807) is 0 Å². The van der Waals surface area contributed by atoms with E-state index in [0.717, 1.165) is 96.3 Å². The lowest BCUT2D eigenvalue weighted by Crippen LogP contribution is -2.30. The number of hydrogen-bond acceptors (Lipinski definition) is 6. The summed E-state index contributed by atoms with van der Waals surface area (Å²) in [6, 6.07) is 0. The third-order valence-corrected chi connectivity index (χ3v) is 14.7. The Morgan fingerprint density at radius 3 is 0.836 bits per heavy atom. The molecule has 0 spiro atoms. The minimum Gasteiger partial charge on any atom is -0.462 e. The van der Waals surface area contributed by atoms with Gasteiger partial charge in [0.15, 0.2) is 6.10 Å². The molecule has 0 rings (SSSR count). The summed E-state index contributed by atoms with van der Waals surface area (Å²) < 4.78 is 16.9. The lowest BCUT2D eigenvalue weighted by Gasteiger charge is -2.18. The zero-order valence-corrected chi connectivity index (χ0v) is 49.2. The van der Waals surface area contributed by atoms with Crippen LogP contribution in [0.5, 0.6) is 0 Å². The van der Waals surface area contributed by atoms with Crippen LogP contribution in [0.25, 0.3) is 0 Å². The molecule has 0 aliphatic heterocycles. The number of rotatable bonds is 60. The average Bonchev–Trinajstić information content (AvgIpc) is 3.39. The molecule has 0 N–H and O–H groups in total. The zero-order valence-electron chi connectivity index (χ0n) is 49.2. The first-order valence-electron chi connectivity index (χ1n) is 32.5. The van der Waals surface area contributed by atoms with Crippen molar-refractivity contribution >= 4 is 17.9 Å². The Labute approximate surface area is 455 Å². The molecule has 0 saturated heterocycles. The second-order valence-corrected chi connectivity index (χ2v) is 22.0. The highest BCUT2D eigenvalue weighted by atomic mass is 16.6. The molecule has 0 saturated carbocycles. The van der Waals surface area contributed by atoms with Crippen molar-refractivity contribution in [2.24, 2.45) is 0 Å². The second-order valence-electron chi connectivity index (χ2n) is 22.0. The fraction of sp³-hybridized carbons (Fsp3) is 0.866. The lowest BCUT2D eigenvalue weighted by molar-refractivity contribution is -0.167. The molecule has 0 heterocycles. The maximum absolute atomic E-state index is 12.8. The summed E-state index contributed by atoms with van der Waals surface area (Å²) in [6.45, 7) is 6.55. The van der Waals surface area contributed by atoms with E-state index in [2.05, 4.69) is 57.2 Å². The van der Waals surface area contributed by atoms with Crippen LogP contribution in [0.2, 0.25) is 0 Å². The van der Waals surface area contributed by atoms with E-state index in [-0.39, 0.29) is 31.1 Å². The number of unbranched alkanes of at least 4 members (excludes halogenated alkanes) is 43. The zero-order chi connectivity index (χ0) is 52.9. The van der Waals surface area contributed by atoms with Gasteiger partial charge in [0.05, 0.1) is 0 Å². The molecule has 0 aromatic carbocycles. The Hall–Kier alpha value is -2.37. The molecule has 0 fully saturated rings. The number of hydrogen-bond donors (Lipinski definition) is 0. The Morgan fingerprint density at radius 1 is 0.288 bits per heavy atom. The van der Waals surface area contributed by atoms with Crippen molar-refractivity contribution in [2.75, 3.05) is 13.2 Å². The van der Waals surface area contributed by atoms with E-state index in [1.807, 2.05) is 0 Å². The lowest BCUT2D eigenvalue weighted by atomic mass is 10.0. The molecular formula is C67H124O6. The maximum Gasteiger partial charge on any atom is 0.306 e. The van der Waals surface area contributed by atoms with Crippen molar-refractivity contribution < 1.29 is 28.6 Å². The maximum atomic E-state index is 12.8. The van der Waals surface area contributed by atoms with Gasteiger partial charge in [-0.05, 0) is 51.4 Å². The van der Waals surface area contributed by atoms with Crippen molar-refractivity contribution in [3.8, 4) is 0 Å². The van der Waals surface area contributed by atoms with Crippen LogP contribution in [0, 0.1) is 0 Å². The number of allylic oxidation sites excluding steroid dienone is 6. The van der Waals surface area contributed by atoms with Crippen molar-refractivity contribution in [1.29, 1.82) is 0 Å². The first-order valence-corrected chi connectivity index (χ1v) is 32.5. The molecule has 0 aliphatic rings. The summed E-state index contributed by atoms with van der Waals surface area (Å²) in [6.07, 6.45) is 76.1. The summed E-state index contributed by atoms with van der Waals surface area (Å²) in [7, 11) is 0. The Balaban J connectivity index is 4.07. The van der Waals surface area contributed by atoms with Gasteiger partial charge < -0.3 is 14.2 Å². The van der Waals surface area contributed by atoms with E-state index >= 15 is 0 Å². The largest absolute Gasteiger partial charge is 0.462 e. The average molecular weight is 1030 g/mol. The van der Waals surface area contributed by atoms with Crippen LogP contribution >= 0.6 is 0 Å². The van der Waals surface area contributed by atoms with Crippen LogP contribution in [0.4, 0.5) is 0 Å². The van der Waals surface area contributed by atoms with Crippen molar-refractivity contribution in [3.05, 3.63) is 36.5 Å². The fourth-order valence-corrected chi connectivity index (χ4v) is 9.81. The highest BCUT2D eigenvalue weighted by molar-refractivity contribution is 5.71. The van der Waals surface area contributed by atoms with Crippen molar-refractivity contribution in [1.82, 2.24) is 0 Å². The minimum atomic E-state index is -0.777. The standard InChI is InChI=1S/C67H124O6/c1-4-7-10-13-16-19-22-24-26-27-28-29-30-31-32-33-34-35-36-37-38-39-40-42-43-45-48-51-54-57-60-66(69)72-63-64(62-71-65(68)59-56-53-50-47-21-18-15-12-9-6-3)73-67(70)61-58-55-52-49-46-44-41-25-23-20-17-14-11-8-5-2/h8,11,17,20,25,41,64H,4-7,9-10,12-16,18-19,21-24,26-40,42-63H2,1-3H3/b11-8-,20-17-,41-25-. The third kappa shape index (κ3) is 60.4. The number of carbonyl (C=O) groups is 3. The van der Waals surface area contributed by atoms with Gasteiger partial charge in [0.25, 0.3) is 0 Å². The van der Waals surface area contributed by atoms with Gasteiger partial charge in [-0.2, -0.15) is 0 Å². The molecule has 0 amide bonds. The molecule has 1 unspecified atom stereocenters. The van der Waals surface area contributed by atoms with Gasteiger partial charge in [0.2, 0.25) is 0 Å². The molecule has 0 aromatic heterocycles. The normalized spacial score (nSPS) is 12.2. The Bertz CT molecular complexity index is 1220. The van der Waals surface area contributed by atoms with E-state index in [0.29, 0.717) is 19.3 Å². The van der Waals surface area contributed by atoms with Gasteiger partial charge >= 0.3 is 17.9 Å². The molecule has 6 nitrogen and oxygen atoms in total. The monoisotopic (exact) mass is 1020 g/mol. The third-order valence-electron chi connectivity index (χ3n) is 14.7. The first kappa shape index (κ1) is 70.6. The van der Waals surface area contributed by atoms with Gasteiger partial charge in [0.1, 0.15) is 13.2 Å². The summed E-state index contributed by atoms with van der Waals surface area (Å²) in [5.74, 6) is -0.873. The number of ether oxygens (including phenoxy) is 3. The first-order chi connectivity index (χ1) is 36.0. The second kappa shape index (κ2) is 62.2. The Kier molecular flexibility index (Phi) is 60.2. The van der Waals surface area contributed by atoms with E-state index < -0.39 is 6.10 Å². The molecular weight excluding hydrogens is 901 g/mol. The summed E-state index contributed by atoms with van der Waals surface area (Å²) in [5.41, 5.74) is 0. The van der Waals surface area contributed by atoms with Crippen molar-refractivity contribution in [2.45, 2.75) is 361 Å². The van der Waals surface area contributed by atoms with Gasteiger partial charge in [-0.25, -0.2) is 0 Å². The molecule has 73 heavy (non-hydrogen) atoms. The molecule has 0 radical (unpaired) electrons. The smallest absolute Gasteiger partial charge is 0.306 e. The van der Waals surface area contributed by atoms with Gasteiger partial charge in [0, 0.05) is 19.3 Å². The SMILES string of the molecule is CC/C=C\C/C=C\C/C=C\CCCCCCCC(=O)OC(COC(=O)CCCCCCCCCCCC)COC(=O)CCCCCCCCCCCCCCCCCCCCCCCCCCCCCCCC. The van der Waals surface area contributed by atoms with Crippen LogP contribution in [0.3, 0.4) is 0 Å². The summed E-state index contributed by atoms with van der Waals surface area (Å²) in [5, 5.41) is 0. The van der Waals surface area contributed by atoms with Gasteiger partial charge in [-0.1, -0.05) is 320 Å². The summed E-state index contributed by atoms with van der Waals surface area (Å²) >= 11 is 0. The van der Waals surface area contributed by atoms with Crippen LogP contribution in [-0.2, 0) is 28.6 Å². The van der Waals surface area contributed by atoms with Crippen LogP contribution < -0.4 is 0 Å². The van der Waals surface area contributed by atoms with Crippen LogP contribution in [0.1, 0.15) is 355 Å². The topological polar surface area (TPSA) is 78.9 Å². The number of esters is 3. The van der Waals surface area contributed by atoms with Crippen LogP contribution in [0.15, 0.2) is 36.5 Å².